The van der Waals surface area contributed by atoms with Gasteiger partial charge in [-0.05, 0) is 31.4 Å². The Kier molecular flexibility index (Phi) is 3.76. The van der Waals surface area contributed by atoms with Gasteiger partial charge in [-0.3, -0.25) is 4.79 Å². The van der Waals surface area contributed by atoms with Crippen molar-refractivity contribution < 1.29 is 19.0 Å². The first-order valence-electron chi connectivity index (χ1n) is 8.39. The van der Waals surface area contributed by atoms with E-state index in [2.05, 4.69) is 4.74 Å². The lowest BCUT2D eigenvalue weighted by atomic mass is 10.1. The second kappa shape index (κ2) is 5.84. The Morgan fingerprint density at radius 2 is 2.08 bits per heavy atom. The Labute approximate surface area is 143 Å². The van der Waals surface area contributed by atoms with E-state index in [1.165, 1.54) is 19.4 Å². The lowest BCUT2D eigenvalue weighted by Crippen LogP contribution is -2.24. The number of fused-ring (bicyclic) bond motifs is 1. The first kappa shape index (κ1) is 16.1. The minimum Gasteiger partial charge on any atom is -0.465 e. The van der Waals surface area contributed by atoms with Crippen LogP contribution in [0.1, 0.15) is 35.7 Å². The molecule has 132 valence electrons. The average Bonchev–Trinajstić information content (AvgIpc) is 3.35. The molecule has 2 aliphatic rings. The summed E-state index contributed by atoms with van der Waals surface area (Å²) in [5, 5.41) is 9.89. The highest BCUT2D eigenvalue weighted by Gasteiger charge is 2.29. The van der Waals surface area contributed by atoms with E-state index in [-0.39, 0.29) is 17.0 Å². The molecule has 1 atom stereocenters. The number of β-amino-alcohol motifs (C(OH)–C–C–N with tert-alkyl or cyclic N) is 1. The van der Waals surface area contributed by atoms with E-state index in [0.717, 1.165) is 12.8 Å². The SMILES string of the molecule is COC(=O)c1cn(C2CC2)c2cc(N3CCC(O)C3)c(F)cc2c1=O. The van der Waals surface area contributed by atoms with Crippen LogP contribution >= 0.6 is 0 Å². The maximum Gasteiger partial charge on any atom is 0.343 e. The molecule has 2 fully saturated rings. The summed E-state index contributed by atoms with van der Waals surface area (Å²) in [7, 11) is 1.22. The van der Waals surface area contributed by atoms with E-state index < -0.39 is 23.3 Å². The smallest absolute Gasteiger partial charge is 0.343 e. The van der Waals surface area contributed by atoms with Crippen molar-refractivity contribution in [1.29, 1.82) is 0 Å². The molecule has 1 N–H and O–H groups in total. The molecular formula is C18H19FN2O4. The number of pyridine rings is 1. The van der Waals surface area contributed by atoms with Crippen LogP contribution in [0.3, 0.4) is 0 Å². The molecule has 6 nitrogen and oxygen atoms in total. The van der Waals surface area contributed by atoms with Gasteiger partial charge in [0, 0.05) is 30.7 Å². The van der Waals surface area contributed by atoms with Gasteiger partial charge in [-0.1, -0.05) is 0 Å². The van der Waals surface area contributed by atoms with Gasteiger partial charge in [-0.15, -0.1) is 0 Å². The van der Waals surface area contributed by atoms with Gasteiger partial charge in [-0.25, -0.2) is 9.18 Å². The van der Waals surface area contributed by atoms with Crippen molar-refractivity contribution in [3.8, 4) is 0 Å². The number of benzene rings is 1. The number of esters is 1. The number of aromatic nitrogens is 1. The van der Waals surface area contributed by atoms with Crippen molar-refractivity contribution in [1.82, 2.24) is 4.57 Å². The Hall–Kier alpha value is -2.41. The summed E-state index contributed by atoms with van der Waals surface area (Å²) in [6.07, 6.45) is 3.55. The Morgan fingerprint density at radius 3 is 2.68 bits per heavy atom. The molecule has 1 aromatic carbocycles. The molecule has 0 bridgehead atoms. The quantitative estimate of drug-likeness (QED) is 0.859. The molecule has 1 aromatic heterocycles. The Bertz CT molecular complexity index is 919. The number of halogens is 1. The summed E-state index contributed by atoms with van der Waals surface area (Å²) >= 11 is 0. The summed E-state index contributed by atoms with van der Waals surface area (Å²) in [6, 6.07) is 3.06. The highest BCUT2D eigenvalue weighted by Crippen LogP contribution is 2.38. The topological polar surface area (TPSA) is 71.8 Å². The standard InChI is InChI=1S/C18H19FN2O4/c1-25-18(24)13-9-21(10-2-3-10)15-7-16(20-5-4-11(22)8-20)14(19)6-12(15)17(13)23/h6-7,9-11,22H,2-5,8H2,1H3. The number of methoxy groups -OCH3 is 1. The summed E-state index contributed by atoms with van der Waals surface area (Å²) in [6.45, 7) is 0.938. The molecule has 2 aromatic rings. The normalized spacial score (nSPS) is 20.3. The molecule has 4 rings (SSSR count). The predicted molar refractivity (Wildman–Crippen MR) is 90.6 cm³/mol. The third-order valence-corrected chi connectivity index (χ3v) is 4.95. The lowest BCUT2D eigenvalue weighted by Gasteiger charge is -2.21. The summed E-state index contributed by atoms with van der Waals surface area (Å²) < 4.78 is 21.2. The van der Waals surface area contributed by atoms with Gasteiger partial charge in [0.1, 0.15) is 11.4 Å². The minimum absolute atomic E-state index is 0.0781. The zero-order chi connectivity index (χ0) is 17.7. The van der Waals surface area contributed by atoms with E-state index in [4.69, 9.17) is 0 Å². The van der Waals surface area contributed by atoms with Gasteiger partial charge in [0.15, 0.2) is 0 Å². The van der Waals surface area contributed by atoms with Gasteiger partial charge in [0.2, 0.25) is 5.43 Å². The highest BCUT2D eigenvalue weighted by atomic mass is 19.1. The number of hydrogen-bond donors (Lipinski definition) is 1. The monoisotopic (exact) mass is 346 g/mol. The van der Waals surface area contributed by atoms with E-state index in [9.17, 15) is 19.1 Å². The second-order valence-corrected chi connectivity index (χ2v) is 6.71. The largest absolute Gasteiger partial charge is 0.465 e. The van der Waals surface area contributed by atoms with Gasteiger partial charge < -0.3 is 19.3 Å². The van der Waals surface area contributed by atoms with E-state index in [0.29, 0.717) is 30.7 Å². The zero-order valence-electron chi connectivity index (χ0n) is 13.9. The average molecular weight is 346 g/mol. The third-order valence-electron chi connectivity index (χ3n) is 4.95. The number of carbonyl (C=O) groups is 1. The summed E-state index contributed by atoms with van der Waals surface area (Å²) in [5.74, 6) is -1.24. The number of hydrogen-bond acceptors (Lipinski definition) is 5. The fourth-order valence-electron chi connectivity index (χ4n) is 3.47. The first-order valence-corrected chi connectivity index (χ1v) is 8.39. The second-order valence-electron chi connectivity index (χ2n) is 6.71. The predicted octanol–water partition coefficient (Wildman–Crippen LogP) is 1.83. The van der Waals surface area contributed by atoms with Gasteiger partial charge >= 0.3 is 5.97 Å². The van der Waals surface area contributed by atoms with Crippen LogP contribution < -0.4 is 10.3 Å². The molecule has 1 unspecified atom stereocenters. The molecule has 7 heteroatoms. The van der Waals surface area contributed by atoms with E-state index >= 15 is 0 Å². The maximum atomic E-state index is 14.7. The van der Waals surface area contributed by atoms with Crippen molar-refractivity contribution in [2.75, 3.05) is 25.1 Å². The molecule has 0 spiro atoms. The number of rotatable bonds is 3. The minimum atomic E-state index is -0.714. The van der Waals surface area contributed by atoms with Crippen LogP contribution in [-0.2, 0) is 4.74 Å². The summed E-state index contributed by atoms with van der Waals surface area (Å²) in [5.41, 5.74) is 0.387. The zero-order valence-corrected chi connectivity index (χ0v) is 13.9. The summed E-state index contributed by atoms with van der Waals surface area (Å²) in [4.78, 5) is 26.3. The van der Waals surface area contributed by atoms with Crippen LogP contribution in [0.25, 0.3) is 10.9 Å². The fraction of sp³-hybridized carbons (Fsp3) is 0.444. The highest BCUT2D eigenvalue weighted by molar-refractivity contribution is 5.94. The number of ether oxygens (including phenoxy) is 1. The molecule has 1 saturated heterocycles. The van der Waals surface area contributed by atoms with Crippen molar-refractivity contribution in [2.24, 2.45) is 0 Å². The van der Waals surface area contributed by atoms with Crippen LogP contribution in [0, 0.1) is 5.82 Å². The molecule has 2 heterocycles. The number of anilines is 1. The van der Waals surface area contributed by atoms with Crippen LogP contribution in [0.4, 0.5) is 10.1 Å². The number of nitrogens with zero attached hydrogens (tertiary/aromatic N) is 2. The number of carbonyl (C=O) groups excluding carboxylic acids is 1. The number of aliphatic hydroxyl groups is 1. The molecule has 1 saturated carbocycles. The Morgan fingerprint density at radius 1 is 1.32 bits per heavy atom. The van der Waals surface area contributed by atoms with E-state index in [1.807, 2.05) is 4.57 Å². The van der Waals surface area contributed by atoms with Crippen LogP contribution in [-0.4, -0.2) is 41.9 Å². The van der Waals surface area contributed by atoms with Crippen LogP contribution in [0.2, 0.25) is 0 Å². The molecule has 0 radical (unpaired) electrons. The molecule has 0 amide bonds. The first-order chi connectivity index (χ1) is 12.0. The van der Waals surface area contributed by atoms with E-state index in [1.54, 1.807) is 11.0 Å². The molecule has 1 aliphatic carbocycles. The van der Waals surface area contributed by atoms with Gasteiger partial charge in [0.05, 0.1) is 24.4 Å². The third kappa shape index (κ3) is 2.68. The van der Waals surface area contributed by atoms with Gasteiger partial charge in [0.25, 0.3) is 0 Å². The molecule has 25 heavy (non-hydrogen) atoms. The molecule has 1 aliphatic heterocycles. The lowest BCUT2D eigenvalue weighted by molar-refractivity contribution is 0.0598. The van der Waals surface area contributed by atoms with Crippen molar-refractivity contribution in [3.05, 3.63) is 39.9 Å². The van der Waals surface area contributed by atoms with Crippen LogP contribution in [0.5, 0.6) is 0 Å². The fourth-order valence-corrected chi connectivity index (χ4v) is 3.47. The van der Waals surface area contributed by atoms with Gasteiger partial charge in [-0.2, -0.15) is 0 Å². The van der Waals surface area contributed by atoms with Crippen LogP contribution in [0.15, 0.2) is 23.1 Å². The maximum absolute atomic E-state index is 14.7. The Balaban J connectivity index is 1.94. The van der Waals surface area contributed by atoms with Crippen molar-refractivity contribution in [3.63, 3.8) is 0 Å². The van der Waals surface area contributed by atoms with Crippen molar-refractivity contribution in [2.45, 2.75) is 31.4 Å². The number of aliphatic hydroxyl groups excluding tert-OH is 1. The van der Waals surface area contributed by atoms with Crippen molar-refractivity contribution >= 4 is 22.6 Å². The molecular weight excluding hydrogens is 327 g/mol.